The third-order valence-electron chi connectivity index (χ3n) is 7.31. The number of anilines is 2. The van der Waals surface area contributed by atoms with E-state index in [0.29, 0.717) is 18.2 Å². The molecule has 3 aromatic heterocycles. The lowest BCUT2D eigenvalue weighted by Gasteiger charge is -2.28. The van der Waals surface area contributed by atoms with Crippen molar-refractivity contribution in [1.29, 1.82) is 0 Å². The van der Waals surface area contributed by atoms with Gasteiger partial charge in [0, 0.05) is 41.8 Å². The maximum atomic E-state index is 14.7. The molecule has 1 saturated carbocycles. The lowest BCUT2D eigenvalue weighted by molar-refractivity contribution is 0.102. The number of hydrogen-bond acceptors (Lipinski definition) is 8. The van der Waals surface area contributed by atoms with Crippen molar-refractivity contribution in [2.75, 3.05) is 16.8 Å². The number of benzene rings is 1. The molecule has 2 N–H and O–H groups in total. The average Bonchev–Trinajstić information content (AvgIpc) is 3.32. The Morgan fingerprint density at radius 3 is 2.68 bits per heavy atom. The molecule has 1 aliphatic heterocycles. The highest BCUT2D eigenvalue weighted by Crippen LogP contribution is 2.45. The van der Waals surface area contributed by atoms with Gasteiger partial charge in [-0.25, -0.2) is 28.1 Å². The summed E-state index contributed by atoms with van der Waals surface area (Å²) in [7, 11) is 0. The van der Waals surface area contributed by atoms with Crippen LogP contribution in [0.3, 0.4) is 0 Å². The van der Waals surface area contributed by atoms with Gasteiger partial charge in [0.25, 0.3) is 12.3 Å². The van der Waals surface area contributed by atoms with E-state index < -0.39 is 34.9 Å². The molecular weight excluding hydrogens is 561 g/mol. The highest BCUT2D eigenvalue weighted by molar-refractivity contribution is 6.31. The van der Waals surface area contributed by atoms with Crippen molar-refractivity contribution in [3.63, 3.8) is 0 Å². The number of nitrogens with one attached hydrogen (secondary N) is 1. The molecule has 2 fully saturated rings. The number of carbonyl (C=O) groups excluding carboxylic acids is 1. The first kappa shape index (κ1) is 27.1. The molecule has 10 nitrogen and oxygen atoms in total. The Labute approximate surface area is 237 Å². The molecule has 1 atom stereocenters. The number of carbonyl (C=O) groups is 1. The van der Waals surface area contributed by atoms with E-state index in [2.05, 4.69) is 35.3 Å². The van der Waals surface area contributed by atoms with E-state index in [4.69, 9.17) is 11.6 Å². The minimum absolute atomic E-state index is 0.0480. The Balaban J connectivity index is 1.13. The van der Waals surface area contributed by atoms with Crippen LogP contribution < -0.4 is 10.2 Å². The van der Waals surface area contributed by atoms with Crippen LogP contribution in [0.2, 0.25) is 5.02 Å². The van der Waals surface area contributed by atoms with Gasteiger partial charge in [0.05, 0.1) is 53.2 Å². The third-order valence-corrected chi connectivity index (χ3v) is 7.60. The van der Waals surface area contributed by atoms with Crippen molar-refractivity contribution >= 4 is 29.1 Å². The molecule has 0 bridgehead atoms. The lowest BCUT2D eigenvalue weighted by Crippen LogP contribution is -2.41. The summed E-state index contributed by atoms with van der Waals surface area (Å²) in [4.78, 5) is 31.9. The molecule has 14 heteroatoms. The highest BCUT2D eigenvalue weighted by Gasteiger charge is 2.52. The average molecular weight is 585 g/mol. The summed E-state index contributed by atoms with van der Waals surface area (Å²) in [6.07, 6.45) is 9.20. The zero-order chi connectivity index (χ0) is 28.7. The van der Waals surface area contributed by atoms with Gasteiger partial charge in [0.1, 0.15) is 5.69 Å². The fourth-order valence-electron chi connectivity index (χ4n) is 5.10. The van der Waals surface area contributed by atoms with Gasteiger partial charge in [-0.2, -0.15) is 5.10 Å². The van der Waals surface area contributed by atoms with Crippen molar-refractivity contribution in [2.45, 2.75) is 50.3 Å². The normalized spacial score (nSPS) is 17.7. The van der Waals surface area contributed by atoms with Crippen molar-refractivity contribution < 1.29 is 23.1 Å². The number of rotatable bonds is 8. The van der Waals surface area contributed by atoms with Gasteiger partial charge in [-0.15, -0.1) is 0 Å². The molecule has 41 heavy (non-hydrogen) atoms. The van der Waals surface area contributed by atoms with Gasteiger partial charge in [-0.05, 0) is 31.7 Å². The molecule has 4 aromatic rings. The van der Waals surface area contributed by atoms with Crippen LogP contribution in [0.4, 0.5) is 24.8 Å². The molecule has 1 aromatic carbocycles. The molecule has 0 spiro atoms. The van der Waals surface area contributed by atoms with Crippen LogP contribution in [0.5, 0.6) is 0 Å². The minimum atomic E-state index is -2.99. The van der Waals surface area contributed by atoms with E-state index in [0.717, 1.165) is 62.3 Å². The standard InChI is InChI=1S/C27H24ClF3N8O2/c28-18-4-3-17(24(30)31)22(23(18)29)19-11-32-12-20(37-19)25(40)36-16-10-35-38(14-16)13-15-8-33-26(34-9-15)39-7-1-2-21(39)27(41)5-6-27/h3-4,8-12,14,21,24,41H,1-2,5-7,13H2,(H,36,40). The molecule has 1 saturated heterocycles. The maximum Gasteiger partial charge on any atom is 0.275 e. The summed E-state index contributed by atoms with van der Waals surface area (Å²) in [6.45, 7) is 1.15. The molecule has 212 valence electrons. The highest BCUT2D eigenvalue weighted by atomic mass is 35.5. The van der Waals surface area contributed by atoms with E-state index in [1.807, 2.05) is 0 Å². The van der Waals surface area contributed by atoms with Crippen molar-refractivity contribution in [1.82, 2.24) is 29.7 Å². The Hall–Kier alpha value is -4.10. The fraction of sp³-hybridized carbons (Fsp3) is 0.333. The Morgan fingerprint density at radius 1 is 1.17 bits per heavy atom. The number of aliphatic hydroxyl groups is 1. The largest absolute Gasteiger partial charge is 0.388 e. The Bertz CT molecular complexity index is 1600. The van der Waals surface area contributed by atoms with Crippen LogP contribution in [-0.2, 0) is 6.54 Å². The van der Waals surface area contributed by atoms with Crippen molar-refractivity contribution in [3.05, 3.63) is 77.0 Å². The van der Waals surface area contributed by atoms with Crippen LogP contribution in [0.25, 0.3) is 11.3 Å². The van der Waals surface area contributed by atoms with Crippen molar-refractivity contribution in [3.8, 4) is 11.3 Å². The summed E-state index contributed by atoms with van der Waals surface area (Å²) in [5.41, 5.74) is -1.08. The molecule has 2 aliphatic rings. The predicted molar refractivity (Wildman–Crippen MR) is 143 cm³/mol. The van der Waals surface area contributed by atoms with E-state index in [1.54, 1.807) is 23.3 Å². The zero-order valence-corrected chi connectivity index (χ0v) is 22.3. The van der Waals surface area contributed by atoms with Gasteiger partial charge in [-0.1, -0.05) is 17.7 Å². The molecule has 4 heterocycles. The van der Waals surface area contributed by atoms with Gasteiger partial charge in [0.15, 0.2) is 5.82 Å². The van der Waals surface area contributed by atoms with E-state index in [1.165, 1.54) is 6.20 Å². The molecule has 0 radical (unpaired) electrons. The fourth-order valence-corrected chi connectivity index (χ4v) is 5.26. The van der Waals surface area contributed by atoms with Crippen LogP contribution >= 0.6 is 11.6 Å². The Kier molecular flexibility index (Phi) is 7.08. The first-order valence-corrected chi connectivity index (χ1v) is 13.3. The predicted octanol–water partition coefficient (Wildman–Crippen LogP) is 4.65. The number of nitrogens with zero attached hydrogens (tertiary/aromatic N) is 7. The van der Waals surface area contributed by atoms with Crippen LogP contribution in [0, 0.1) is 5.82 Å². The van der Waals surface area contributed by atoms with E-state index in [-0.39, 0.29) is 22.5 Å². The summed E-state index contributed by atoms with van der Waals surface area (Å²) in [6, 6.07) is 2.09. The van der Waals surface area contributed by atoms with Gasteiger partial charge in [0.2, 0.25) is 5.95 Å². The quantitative estimate of drug-likeness (QED) is 0.307. The number of amides is 1. The van der Waals surface area contributed by atoms with Gasteiger partial charge in [-0.3, -0.25) is 14.5 Å². The minimum Gasteiger partial charge on any atom is -0.388 e. The number of aromatic nitrogens is 6. The first-order valence-electron chi connectivity index (χ1n) is 12.9. The topological polar surface area (TPSA) is 122 Å². The second kappa shape index (κ2) is 10.7. The van der Waals surface area contributed by atoms with E-state index >= 15 is 0 Å². The molecular formula is C27H24ClF3N8O2. The maximum absolute atomic E-state index is 14.7. The molecule has 6 rings (SSSR count). The van der Waals surface area contributed by atoms with Crippen molar-refractivity contribution in [2.24, 2.45) is 0 Å². The molecule has 1 amide bonds. The monoisotopic (exact) mass is 584 g/mol. The second-order valence-corrected chi connectivity index (χ2v) is 10.6. The molecule has 1 unspecified atom stereocenters. The van der Waals surface area contributed by atoms with E-state index in [9.17, 15) is 23.1 Å². The van der Waals surface area contributed by atoms with Gasteiger partial charge < -0.3 is 15.3 Å². The number of hydrogen-bond donors (Lipinski definition) is 2. The second-order valence-electron chi connectivity index (χ2n) is 10.1. The number of alkyl halides is 2. The van der Waals surface area contributed by atoms with Crippen LogP contribution in [0.15, 0.2) is 49.3 Å². The summed E-state index contributed by atoms with van der Waals surface area (Å²) in [5.74, 6) is -1.17. The third kappa shape index (κ3) is 5.46. The van der Waals surface area contributed by atoms with Crippen LogP contribution in [-0.4, -0.2) is 58.9 Å². The molecule has 1 aliphatic carbocycles. The Morgan fingerprint density at radius 2 is 1.95 bits per heavy atom. The zero-order valence-electron chi connectivity index (χ0n) is 21.5. The smallest absolute Gasteiger partial charge is 0.275 e. The first-order chi connectivity index (χ1) is 19.7. The SMILES string of the molecule is O=C(Nc1cnn(Cc2cnc(N3CCCC3C3(O)CC3)nc2)c1)c1cncc(-c2c(C(F)F)ccc(Cl)c2F)n1. The summed E-state index contributed by atoms with van der Waals surface area (Å²) < 4.78 is 43.3. The summed E-state index contributed by atoms with van der Waals surface area (Å²) >= 11 is 5.80. The van der Waals surface area contributed by atoms with Gasteiger partial charge >= 0.3 is 0 Å². The summed E-state index contributed by atoms with van der Waals surface area (Å²) in [5, 5.41) is 17.1. The lowest BCUT2D eigenvalue weighted by atomic mass is 10.0. The van der Waals surface area contributed by atoms with Crippen LogP contribution in [0.1, 0.15) is 53.7 Å². The number of halogens is 4.